The lowest BCUT2D eigenvalue weighted by atomic mass is 10.2. The van der Waals surface area contributed by atoms with Crippen LogP contribution in [0.1, 0.15) is 11.1 Å². The van der Waals surface area contributed by atoms with Crippen LogP contribution in [0, 0.1) is 6.92 Å². The maximum Gasteiger partial charge on any atom is 0.240 e. The molecule has 2 aromatic rings. The summed E-state index contributed by atoms with van der Waals surface area (Å²) in [6.45, 7) is 7.14. The largest absolute Gasteiger partial charge is 0.489 e. The predicted molar refractivity (Wildman–Crippen MR) is 117 cm³/mol. The van der Waals surface area contributed by atoms with E-state index in [9.17, 15) is 8.42 Å². The van der Waals surface area contributed by atoms with Gasteiger partial charge in [-0.15, -0.1) is 0 Å². The van der Waals surface area contributed by atoms with Crippen molar-refractivity contribution in [2.45, 2.75) is 18.4 Å². The zero-order chi connectivity index (χ0) is 21.1. The summed E-state index contributed by atoms with van der Waals surface area (Å²) in [4.78, 5) is 4.41. The number of ether oxygens (including phenoxy) is 1. The highest BCUT2D eigenvalue weighted by Crippen LogP contribution is 2.17. The Morgan fingerprint density at radius 3 is 2.52 bits per heavy atom. The van der Waals surface area contributed by atoms with Gasteiger partial charge in [-0.2, -0.15) is 0 Å². The molecule has 0 aliphatic heterocycles. The molecule has 0 bridgehead atoms. The van der Waals surface area contributed by atoms with Gasteiger partial charge in [0.15, 0.2) is 5.96 Å². The van der Waals surface area contributed by atoms with Crippen molar-refractivity contribution in [2.75, 3.05) is 26.7 Å². The van der Waals surface area contributed by atoms with E-state index >= 15 is 0 Å². The van der Waals surface area contributed by atoms with Crippen LogP contribution in [0.2, 0.25) is 0 Å². The first-order valence-corrected chi connectivity index (χ1v) is 10.8. The minimum atomic E-state index is -3.53. The number of aryl methyl sites for hydroxylation is 1. The van der Waals surface area contributed by atoms with E-state index in [4.69, 9.17) is 4.74 Å². The molecule has 0 amide bonds. The van der Waals surface area contributed by atoms with Gasteiger partial charge in [-0.05, 0) is 25.1 Å². The van der Waals surface area contributed by atoms with Gasteiger partial charge >= 0.3 is 0 Å². The van der Waals surface area contributed by atoms with Crippen LogP contribution in [0.25, 0.3) is 0 Å². The number of hydrogen-bond acceptors (Lipinski definition) is 4. The number of nitrogens with zero attached hydrogens (tertiary/aromatic N) is 1. The summed E-state index contributed by atoms with van der Waals surface area (Å²) in [6.07, 6.45) is 1.70. The maximum atomic E-state index is 12.3. The molecule has 0 radical (unpaired) electrons. The van der Waals surface area contributed by atoms with Gasteiger partial charge in [-0.25, -0.2) is 13.1 Å². The Kier molecular flexibility index (Phi) is 8.69. The summed E-state index contributed by atoms with van der Waals surface area (Å²) >= 11 is 0. The minimum Gasteiger partial charge on any atom is -0.489 e. The van der Waals surface area contributed by atoms with Crippen LogP contribution in [0.5, 0.6) is 5.75 Å². The van der Waals surface area contributed by atoms with E-state index in [2.05, 4.69) is 26.9 Å². The minimum absolute atomic E-state index is 0.232. The second kappa shape index (κ2) is 11.2. The van der Waals surface area contributed by atoms with Gasteiger partial charge in [0.05, 0.1) is 4.90 Å². The lowest BCUT2D eigenvalue weighted by Gasteiger charge is -2.14. The quantitative estimate of drug-likeness (QED) is 0.239. The van der Waals surface area contributed by atoms with E-state index in [1.54, 1.807) is 37.4 Å². The summed E-state index contributed by atoms with van der Waals surface area (Å²) in [7, 11) is -1.87. The van der Waals surface area contributed by atoms with Gasteiger partial charge in [0.2, 0.25) is 10.0 Å². The topological polar surface area (TPSA) is 91.8 Å². The van der Waals surface area contributed by atoms with E-state index in [1.807, 2.05) is 31.2 Å². The first-order valence-electron chi connectivity index (χ1n) is 9.28. The molecule has 0 aromatic heterocycles. The summed E-state index contributed by atoms with van der Waals surface area (Å²) in [5.41, 5.74) is 1.99. The van der Waals surface area contributed by atoms with Crippen molar-refractivity contribution in [1.82, 2.24) is 15.4 Å². The first-order chi connectivity index (χ1) is 14.0. The number of benzene rings is 2. The van der Waals surface area contributed by atoms with E-state index < -0.39 is 10.0 Å². The molecule has 0 saturated heterocycles. The number of rotatable bonds is 10. The molecule has 29 heavy (non-hydrogen) atoms. The molecule has 7 nitrogen and oxygen atoms in total. The Labute approximate surface area is 173 Å². The molecule has 0 fully saturated rings. The smallest absolute Gasteiger partial charge is 0.240 e. The van der Waals surface area contributed by atoms with Crippen molar-refractivity contribution >= 4 is 16.0 Å². The Morgan fingerprint density at radius 2 is 1.83 bits per heavy atom. The van der Waals surface area contributed by atoms with Crippen molar-refractivity contribution in [1.29, 1.82) is 0 Å². The zero-order valence-corrected chi connectivity index (χ0v) is 17.6. The number of guanidine groups is 1. The number of aliphatic imine (C=N–C) groups is 1. The molecule has 8 heteroatoms. The Hall–Kier alpha value is -2.84. The van der Waals surface area contributed by atoms with E-state index in [-0.39, 0.29) is 11.4 Å². The van der Waals surface area contributed by atoms with Gasteiger partial charge in [0, 0.05) is 32.2 Å². The fourth-order valence-corrected chi connectivity index (χ4v) is 3.54. The molecule has 2 rings (SSSR count). The summed E-state index contributed by atoms with van der Waals surface area (Å²) < 4.78 is 32.8. The van der Waals surface area contributed by atoms with Crippen LogP contribution in [0.3, 0.4) is 0 Å². The molecular weight excluding hydrogens is 388 g/mol. The molecule has 0 heterocycles. The lowest BCUT2D eigenvalue weighted by molar-refractivity contribution is 0.358. The lowest BCUT2D eigenvalue weighted by Crippen LogP contribution is -2.41. The van der Waals surface area contributed by atoms with E-state index in [0.717, 1.165) is 16.9 Å². The van der Waals surface area contributed by atoms with Gasteiger partial charge in [0.1, 0.15) is 12.4 Å². The molecule has 2 aromatic carbocycles. The fraction of sp³-hybridized carbons (Fsp3) is 0.286. The molecule has 3 N–H and O–H groups in total. The maximum absolute atomic E-state index is 12.3. The average Bonchev–Trinajstić information content (AvgIpc) is 2.72. The Bertz CT molecular complexity index is 925. The highest BCUT2D eigenvalue weighted by molar-refractivity contribution is 7.89. The van der Waals surface area contributed by atoms with Crippen LogP contribution in [-0.2, 0) is 16.6 Å². The van der Waals surface area contributed by atoms with Crippen LogP contribution in [-0.4, -0.2) is 41.1 Å². The average molecular weight is 417 g/mol. The first kappa shape index (κ1) is 22.4. The summed E-state index contributed by atoms with van der Waals surface area (Å²) in [5, 5.41) is 6.28. The second-order valence-electron chi connectivity index (χ2n) is 6.27. The molecule has 0 aliphatic carbocycles. The van der Waals surface area contributed by atoms with Crippen molar-refractivity contribution in [2.24, 2.45) is 4.99 Å². The molecule has 0 aliphatic rings. The summed E-state index contributed by atoms with van der Waals surface area (Å²) in [6, 6.07) is 14.5. The van der Waals surface area contributed by atoms with Gasteiger partial charge in [-0.1, -0.05) is 48.6 Å². The number of nitrogens with one attached hydrogen (secondary N) is 3. The number of para-hydroxylation sites is 1. The monoisotopic (exact) mass is 416 g/mol. The van der Waals surface area contributed by atoms with Crippen molar-refractivity contribution in [3.05, 3.63) is 72.3 Å². The van der Waals surface area contributed by atoms with Crippen molar-refractivity contribution in [3.8, 4) is 5.75 Å². The van der Waals surface area contributed by atoms with Crippen molar-refractivity contribution in [3.63, 3.8) is 0 Å². The van der Waals surface area contributed by atoms with Gasteiger partial charge in [-0.3, -0.25) is 4.99 Å². The third-order valence-corrected chi connectivity index (χ3v) is 5.52. The van der Waals surface area contributed by atoms with Gasteiger partial charge < -0.3 is 15.4 Å². The molecule has 0 spiro atoms. The Balaban J connectivity index is 1.81. The SMILES string of the molecule is C=CCOc1ccccc1CNC(=NC)NCCNS(=O)(=O)c1ccc(C)cc1. The fourth-order valence-electron chi connectivity index (χ4n) is 2.51. The zero-order valence-electron chi connectivity index (χ0n) is 16.8. The van der Waals surface area contributed by atoms with Crippen LogP contribution < -0.4 is 20.1 Å². The van der Waals surface area contributed by atoms with E-state index in [1.165, 1.54) is 0 Å². The third kappa shape index (κ3) is 7.24. The normalized spacial score (nSPS) is 11.7. The molecule has 0 saturated carbocycles. The second-order valence-corrected chi connectivity index (χ2v) is 8.04. The molecule has 0 unspecified atom stereocenters. The highest BCUT2D eigenvalue weighted by atomic mass is 32.2. The van der Waals surface area contributed by atoms with Crippen LogP contribution in [0.4, 0.5) is 0 Å². The number of sulfonamides is 1. The van der Waals surface area contributed by atoms with Crippen molar-refractivity contribution < 1.29 is 13.2 Å². The van der Waals surface area contributed by atoms with Gasteiger partial charge in [0.25, 0.3) is 0 Å². The standard InChI is InChI=1S/C21H28N4O3S/c1-4-15-28-20-8-6-5-7-18(20)16-24-21(22-3)23-13-14-25-29(26,27)19-11-9-17(2)10-12-19/h4-12,25H,1,13-16H2,2-3H3,(H2,22,23,24). The molecular formula is C21H28N4O3S. The highest BCUT2D eigenvalue weighted by Gasteiger charge is 2.12. The summed E-state index contributed by atoms with van der Waals surface area (Å²) in [5.74, 6) is 1.35. The molecule has 0 atom stereocenters. The van der Waals surface area contributed by atoms with E-state index in [0.29, 0.717) is 25.7 Å². The third-order valence-electron chi connectivity index (χ3n) is 4.04. The van der Waals surface area contributed by atoms with Crippen LogP contribution in [0.15, 0.2) is 71.1 Å². The Morgan fingerprint density at radius 1 is 1.10 bits per heavy atom. The van der Waals surface area contributed by atoms with Crippen LogP contribution >= 0.6 is 0 Å². The predicted octanol–water partition coefficient (Wildman–Crippen LogP) is 2.20. The number of hydrogen-bond donors (Lipinski definition) is 3. The molecule has 156 valence electrons.